The first-order chi connectivity index (χ1) is 18.0. The Bertz CT molecular complexity index is 1330. The highest BCUT2D eigenvalue weighted by Crippen LogP contribution is 2.39. The molecule has 198 valence electrons. The maximum absolute atomic E-state index is 13.4. The van der Waals surface area contributed by atoms with Gasteiger partial charge in [0.25, 0.3) is 5.91 Å². The maximum atomic E-state index is 13.4. The molecule has 1 aliphatic heterocycles. The molecule has 38 heavy (non-hydrogen) atoms. The second-order valence-electron chi connectivity index (χ2n) is 8.94. The molecule has 2 N–H and O–H groups in total. The summed E-state index contributed by atoms with van der Waals surface area (Å²) >= 11 is -0.280. The van der Waals surface area contributed by atoms with Gasteiger partial charge < -0.3 is 15.5 Å². The van der Waals surface area contributed by atoms with Gasteiger partial charge in [-0.25, -0.2) is 14.5 Å². The Balaban J connectivity index is 1.49. The highest BCUT2D eigenvalue weighted by atomic mass is 32.2. The van der Waals surface area contributed by atoms with Gasteiger partial charge in [-0.1, -0.05) is 30.3 Å². The van der Waals surface area contributed by atoms with E-state index in [-0.39, 0.29) is 28.9 Å². The Morgan fingerprint density at radius 2 is 1.71 bits per heavy atom. The summed E-state index contributed by atoms with van der Waals surface area (Å²) in [6.07, 6.45) is 2.95. The molecule has 1 fully saturated rings. The van der Waals surface area contributed by atoms with E-state index in [2.05, 4.69) is 15.6 Å². The van der Waals surface area contributed by atoms with E-state index < -0.39 is 29.0 Å². The van der Waals surface area contributed by atoms with Crippen molar-refractivity contribution in [3.05, 3.63) is 84.2 Å². The lowest BCUT2D eigenvalue weighted by Gasteiger charge is -2.28. The van der Waals surface area contributed by atoms with Crippen molar-refractivity contribution in [1.82, 2.24) is 15.2 Å². The van der Waals surface area contributed by atoms with Crippen molar-refractivity contribution < 1.29 is 27.6 Å². The summed E-state index contributed by atoms with van der Waals surface area (Å²) in [5, 5.41) is 5.49. The number of imide groups is 1. The quantitative estimate of drug-likeness (QED) is 0.292. The zero-order valence-electron chi connectivity index (χ0n) is 20.5. The van der Waals surface area contributed by atoms with Gasteiger partial charge >= 0.3 is 17.6 Å². The Labute approximate surface area is 221 Å². The minimum Gasteiger partial charge on any atom is -0.334 e. The third kappa shape index (κ3) is 6.08. The summed E-state index contributed by atoms with van der Waals surface area (Å²) in [5.41, 5.74) is -3.72. The van der Waals surface area contributed by atoms with Gasteiger partial charge in [-0.05, 0) is 67.1 Å². The molecule has 5 amide bonds. The Kier molecular flexibility index (Phi) is 7.63. The van der Waals surface area contributed by atoms with Crippen molar-refractivity contribution >= 4 is 41.1 Å². The maximum Gasteiger partial charge on any atom is 0.446 e. The Morgan fingerprint density at radius 1 is 1.03 bits per heavy atom. The molecule has 0 unspecified atom stereocenters. The molecule has 1 aromatic heterocycles. The second kappa shape index (κ2) is 10.7. The van der Waals surface area contributed by atoms with Crippen LogP contribution in [-0.2, 0) is 17.9 Å². The van der Waals surface area contributed by atoms with Gasteiger partial charge in [-0.3, -0.25) is 9.78 Å². The van der Waals surface area contributed by atoms with E-state index in [0.29, 0.717) is 17.8 Å². The molecule has 0 bridgehead atoms. The number of thioether (sulfide) groups is 1. The number of pyridine rings is 1. The molecule has 0 saturated carbocycles. The topological polar surface area (TPSA) is 94.6 Å². The van der Waals surface area contributed by atoms with Gasteiger partial charge in [0.05, 0.1) is 24.1 Å². The van der Waals surface area contributed by atoms with Gasteiger partial charge in [0, 0.05) is 17.6 Å². The number of nitrogens with zero attached hydrogens (tertiary/aromatic N) is 3. The zero-order valence-corrected chi connectivity index (χ0v) is 21.3. The van der Waals surface area contributed by atoms with E-state index in [0.717, 1.165) is 10.5 Å². The van der Waals surface area contributed by atoms with Crippen molar-refractivity contribution in [3.8, 4) is 0 Å². The number of alkyl halides is 3. The molecule has 3 aromatic rings. The van der Waals surface area contributed by atoms with E-state index in [1.807, 2.05) is 30.3 Å². The van der Waals surface area contributed by atoms with Crippen LogP contribution in [0.4, 0.5) is 34.1 Å². The smallest absolute Gasteiger partial charge is 0.334 e. The van der Waals surface area contributed by atoms with Gasteiger partial charge in [-0.15, -0.1) is 0 Å². The first kappa shape index (κ1) is 27.0. The SMILES string of the molecule is CC1(C)C(=O)N(c2ccc(SC(F)(F)F)cc2)C(=O)N1Cc1ccncc1NC(=O)NCc1ccccc1. The van der Waals surface area contributed by atoms with Gasteiger partial charge in [-0.2, -0.15) is 13.2 Å². The largest absolute Gasteiger partial charge is 0.446 e. The summed E-state index contributed by atoms with van der Waals surface area (Å²) in [6, 6.07) is 14.9. The van der Waals surface area contributed by atoms with Crippen LogP contribution in [0.1, 0.15) is 25.0 Å². The Hall–Kier alpha value is -4.06. The number of halogens is 3. The number of benzene rings is 2. The Morgan fingerprint density at radius 3 is 2.37 bits per heavy atom. The number of amides is 5. The number of hydrogen-bond donors (Lipinski definition) is 2. The summed E-state index contributed by atoms with van der Waals surface area (Å²) < 4.78 is 38.0. The molecule has 2 heterocycles. The third-order valence-electron chi connectivity index (χ3n) is 5.94. The minimum atomic E-state index is -4.45. The number of hydrogen-bond acceptors (Lipinski definition) is 5. The van der Waals surface area contributed by atoms with Crippen LogP contribution in [0.15, 0.2) is 78.0 Å². The first-order valence-electron chi connectivity index (χ1n) is 11.5. The van der Waals surface area contributed by atoms with E-state index in [1.54, 1.807) is 19.9 Å². The molecule has 1 aliphatic rings. The fourth-order valence-electron chi connectivity index (χ4n) is 3.91. The van der Waals surface area contributed by atoms with Crippen LogP contribution in [0.25, 0.3) is 0 Å². The summed E-state index contributed by atoms with van der Waals surface area (Å²) in [6.45, 7) is 3.46. The number of urea groups is 2. The molecule has 12 heteroatoms. The molecule has 0 spiro atoms. The van der Waals surface area contributed by atoms with Crippen LogP contribution < -0.4 is 15.5 Å². The van der Waals surface area contributed by atoms with Gasteiger partial charge in [0.2, 0.25) is 0 Å². The molecule has 0 atom stereocenters. The van der Waals surface area contributed by atoms with Gasteiger partial charge in [0.15, 0.2) is 0 Å². The van der Waals surface area contributed by atoms with Crippen molar-refractivity contribution in [2.24, 2.45) is 0 Å². The highest BCUT2D eigenvalue weighted by molar-refractivity contribution is 8.00. The fraction of sp³-hybridized carbons (Fsp3) is 0.231. The monoisotopic (exact) mass is 543 g/mol. The van der Waals surface area contributed by atoms with Crippen molar-refractivity contribution in [3.63, 3.8) is 0 Å². The van der Waals surface area contributed by atoms with Crippen molar-refractivity contribution in [1.29, 1.82) is 0 Å². The molecular weight excluding hydrogens is 519 g/mol. The fourth-order valence-corrected chi connectivity index (χ4v) is 4.45. The van der Waals surface area contributed by atoms with Crippen LogP contribution in [0.2, 0.25) is 0 Å². The van der Waals surface area contributed by atoms with Crippen LogP contribution in [-0.4, -0.2) is 38.9 Å². The van der Waals surface area contributed by atoms with Crippen LogP contribution in [0, 0.1) is 0 Å². The normalized spacial score (nSPS) is 15.1. The van der Waals surface area contributed by atoms with E-state index in [4.69, 9.17) is 0 Å². The minimum absolute atomic E-state index is 0.0209. The number of aromatic nitrogens is 1. The number of rotatable bonds is 7. The summed E-state index contributed by atoms with van der Waals surface area (Å²) in [5.74, 6) is -0.525. The van der Waals surface area contributed by atoms with Crippen LogP contribution in [0.3, 0.4) is 0 Å². The number of nitrogens with one attached hydrogen (secondary N) is 2. The lowest BCUT2D eigenvalue weighted by atomic mass is 10.0. The van der Waals surface area contributed by atoms with E-state index >= 15 is 0 Å². The lowest BCUT2D eigenvalue weighted by molar-refractivity contribution is -0.123. The average Bonchev–Trinajstić information content (AvgIpc) is 3.03. The van der Waals surface area contributed by atoms with Gasteiger partial charge in [0.1, 0.15) is 5.54 Å². The summed E-state index contributed by atoms with van der Waals surface area (Å²) in [4.78, 5) is 45.4. The predicted octanol–water partition coefficient (Wildman–Crippen LogP) is 5.76. The van der Waals surface area contributed by atoms with Crippen molar-refractivity contribution in [2.45, 2.75) is 42.9 Å². The number of anilines is 2. The van der Waals surface area contributed by atoms with Crippen LogP contribution in [0.5, 0.6) is 0 Å². The van der Waals surface area contributed by atoms with E-state index in [9.17, 15) is 27.6 Å². The highest BCUT2D eigenvalue weighted by Gasteiger charge is 2.51. The van der Waals surface area contributed by atoms with E-state index in [1.165, 1.54) is 41.6 Å². The predicted molar refractivity (Wildman–Crippen MR) is 137 cm³/mol. The lowest BCUT2D eigenvalue weighted by Crippen LogP contribution is -2.43. The zero-order chi connectivity index (χ0) is 27.5. The molecule has 8 nitrogen and oxygen atoms in total. The molecule has 0 radical (unpaired) electrons. The first-order valence-corrected chi connectivity index (χ1v) is 12.3. The number of carbonyl (C=O) groups is 3. The third-order valence-corrected chi connectivity index (χ3v) is 6.68. The van der Waals surface area contributed by atoms with Crippen molar-refractivity contribution in [2.75, 3.05) is 10.2 Å². The molecule has 2 aromatic carbocycles. The molecule has 4 rings (SSSR count). The molecule has 0 aliphatic carbocycles. The number of carbonyl (C=O) groups excluding carboxylic acids is 3. The average molecular weight is 544 g/mol. The molecular formula is C26H24F3N5O3S. The molecule has 1 saturated heterocycles. The standard InChI is InChI=1S/C26H24F3N5O3S/c1-25(2)22(35)34(19-8-10-20(11-9-19)38-26(27,28)29)24(37)33(25)16-18-12-13-30-15-21(18)32-23(36)31-14-17-6-4-3-5-7-17/h3-13,15H,14,16H2,1-2H3,(H2,31,32,36). The second-order valence-corrected chi connectivity index (χ2v) is 10.1. The summed E-state index contributed by atoms with van der Waals surface area (Å²) in [7, 11) is 0. The van der Waals surface area contributed by atoms with Crippen LogP contribution >= 0.6 is 11.8 Å².